The summed E-state index contributed by atoms with van der Waals surface area (Å²) >= 11 is 1.75. The molecular weight excluding hydrogens is 254 g/mol. The van der Waals surface area contributed by atoms with E-state index in [2.05, 4.69) is 29.6 Å². The molecule has 1 heterocycles. The van der Waals surface area contributed by atoms with Gasteiger partial charge in [-0.25, -0.2) is 0 Å². The molecule has 0 atom stereocenters. The number of hydrogen-bond donors (Lipinski definition) is 0. The maximum Gasteiger partial charge on any atom is 0.137 e. The van der Waals surface area contributed by atoms with E-state index in [9.17, 15) is 5.26 Å². The number of fused-ring (bicyclic) bond motifs is 1. The summed E-state index contributed by atoms with van der Waals surface area (Å²) in [6.45, 7) is 0. The van der Waals surface area contributed by atoms with Crippen LogP contribution in [0.5, 0.6) is 5.75 Å². The molecule has 0 N–H and O–H groups in total. The monoisotopic (exact) mass is 269 g/mol. The molecule has 0 radical (unpaired) electrons. The van der Waals surface area contributed by atoms with Crippen LogP contribution in [0.4, 0.5) is 0 Å². The van der Waals surface area contributed by atoms with Crippen LogP contribution in [0.3, 0.4) is 0 Å². The predicted octanol–water partition coefficient (Wildman–Crippen LogP) is 3.71. The minimum atomic E-state index is 0.719. The van der Waals surface area contributed by atoms with Crippen LogP contribution in [-0.4, -0.2) is 7.11 Å². The van der Waals surface area contributed by atoms with Crippen LogP contribution in [0, 0.1) is 11.3 Å². The van der Waals surface area contributed by atoms with Crippen molar-refractivity contribution in [2.45, 2.75) is 25.7 Å². The van der Waals surface area contributed by atoms with E-state index in [0.717, 1.165) is 30.6 Å². The van der Waals surface area contributed by atoms with Crippen LogP contribution >= 0.6 is 11.3 Å². The average Bonchev–Trinajstić information content (AvgIpc) is 3.08. The summed E-state index contributed by atoms with van der Waals surface area (Å²) in [4.78, 5) is 1.30. The molecule has 1 aromatic carbocycles. The first-order valence-corrected chi connectivity index (χ1v) is 7.35. The van der Waals surface area contributed by atoms with Gasteiger partial charge in [-0.15, -0.1) is 11.3 Å². The summed E-state index contributed by atoms with van der Waals surface area (Å²) in [5, 5.41) is 11.5. The number of nitriles is 1. The maximum atomic E-state index is 9.46. The van der Waals surface area contributed by atoms with Gasteiger partial charge in [0.2, 0.25) is 0 Å². The number of benzene rings is 1. The lowest BCUT2D eigenvalue weighted by molar-refractivity contribution is 0.412. The van der Waals surface area contributed by atoms with Crippen LogP contribution in [-0.2, 0) is 19.3 Å². The highest BCUT2D eigenvalue weighted by molar-refractivity contribution is 7.09. The van der Waals surface area contributed by atoms with Crippen LogP contribution < -0.4 is 4.74 Å². The minimum absolute atomic E-state index is 0.719. The van der Waals surface area contributed by atoms with Crippen LogP contribution in [0.25, 0.3) is 0 Å². The predicted molar refractivity (Wildman–Crippen MR) is 76.9 cm³/mol. The molecule has 3 heteroatoms. The molecule has 1 aromatic heterocycles. The molecule has 0 saturated carbocycles. The summed E-state index contributed by atoms with van der Waals surface area (Å²) in [5.74, 6) is 0.731. The number of rotatable bonds is 3. The number of aryl methyl sites for hydroxylation is 1. The van der Waals surface area contributed by atoms with Crippen LogP contribution in [0.1, 0.15) is 33.6 Å². The fourth-order valence-electron chi connectivity index (χ4n) is 2.87. The van der Waals surface area contributed by atoms with Crippen molar-refractivity contribution >= 4 is 11.3 Å². The van der Waals surface area contributed by atoms with Crippen molar-refractivity contribution in [3.8, 4) is 11.8 Å². The van der Waals surface area contributed by atoms with Gasteiger partial charge in [-0.2, -0.15) is 5.26 Å². The molecule has 0 saturated heterocycles. The van der Waals surface area contributed by atoms with Gasteiger partial charge in [-0.1, -0.05) is 6.07 Å². The molecule has 1 aliphatic carbocycles. The van der Waals surface area contributed by atoms with E-state index < -0.39 is 0 Å². The van der Waals surface area contributed by atoms with Gasteiger partial charge in [-0.05, 0) is 53.5 Å². The van der Waals surface area contributed by atoms with Gasteiger partial charge < -0.3 is 4.74 Å². The molecule has 0 unspecified atom stereocenters. The molecule has 0 bridgehead atoms. The van der Waals surface area contributed by atoms with Crippen molar-refractivity contribution in [1.82, 2.24) is 0 Å². The Balaban J connectivity index is 2.15. The Morgan fingerprint density at radius 3 is 3.00 bits per heavy atom. The molecule has 2 aromatic rings. The summed E-state index contributed by atoms with van der Waals surface area (Å²) < 4.78 is 5.40. The summed E-state index contributed by atoms with van der Waals surface area (Å²) in [7, 11) is 1.65. The molecule has 96 valence electrons. The second kappa shape index (κ2) is 5.07. The van der Waals surface area contributed by atoms with E-state index in [4.69, 9.17) is 4.74 Å². The highest BCUT2D eigenvalue weighted by atomic mass is 32.1. The Hall–Kier alpha value is -1.79. The van der Waals surface area contributed by atoms with E-state index in [0.29, 0.717) is 0 Å². The van der Waals surface area contributed by atoms with E-state index in [1.165, 1.54) is 28.0 Å². The van der Waals surface area contributed by atoms with Crippen LogP contribution in [0.15, 0.2) is 23.6 Å². The number of hydrogen-bond acceptors (Lipinski definition) is 3. The second-order valence-electron chi connectivity index (χ2n) is 4.79. The molecule has 0 amide bonds. The lowest BCUT2D eigenvalue weighted by atomic mass is 9.94. The molecule has 1 aliphatic rings. The van der Waals surface area contributed by atoms with Gasteiger partial charge in [0.1, 0.15) is 11.8 Å². The van der Waals surface area contributed by atoms with Crippen molar-refractivity contribution in [2.24, 2.45) is 0 Å². The molecular formula is C16H15NOS. The highest BCUT2D eigenvalue weighted by Crippen LogP contribution is 2.35. The highest BCUT2D eigenvalue weighted by Gasteiger charge is 2.22. The number of thiophene rings is 1. The van der Waals surface area contributed by atoms with Gasteiger partial charge in [0.15, 0.2) is 0 Å². The minimum Gasteiger partial charge on any atom is -0.495 e. The zero-order chi connectivity index (χ0) is 13.2. The van der Waals surface area contributed by atoms with E-state index in [-0.39, 0.29) is 0 Å². The normalized spacial score (nSPS) is 13.1. The molecule has 0 spiro atoms. The third kappa shape index (κ3) is 2.13. The Bertz CT molecular complexity index is 638. The van der Waals surface area contributed by atoms with Crippen molar-refractivity contribution in [3.63, 3.8) is 0 Å². The Kier molecular flexibility index (Phi) is 3.27. The van der Waals surface area contributed by atoms with Crippen molar-refractivity contribution in [1.29, 1.82) is 5.26 Å². The first kappa shape index (κ1) is 12.3. The smallest absolute Gasteiger partial charge is 0.137 e. The quantitative estimate of drug-likeness (QED) is 0.851. The second-order valence-corrected chi connectivity index (χ2v) is 5.82. The topological polar surface area (TPSA) is 33.0 Å². The number of ether oxygens (including phenoxy) is 1. The van der Waals surface area contributed by atoms with Gasteiger partial charge in [0.05, 0.1) is 12.7 Å². The molecule has 0 fully saturated rings. The van der Waals surface area contributed by atoms with Crippen LogP contribution in [0.2, 0.25) is 0 Å². The Labute approximate surface area is 117 Å². The number of methoxy groups -OCH3 is 1. The van der Waals surface area contributed by atoms with Gasteiger partial charge in [0, 0.05) is 11.3 Å². The largest absolute Gasteiger partial charge is 0.495 e. The lowest BCUT2D eigenvalue weighted by Gasteiger charge is -2.14. The zero-order valence-corrected chi connectivity index (χ0v) is 11.7. The molecule has 2 nitrogen and oxygen atoms in total. The van der Waals surface area contributed by atoms with Crippen molar-refractivity contribution in [3.05, 3.63) is 50.7 Å². The summed E-state index contributed by atoms with van der Waals surface area (Å²) in [5.41, 5.74) is 4.64. The molecule has 3 rings (SSSR count). The van der Waals surface area contributed by atoms with E-state index in [1.807, 2.05) is 0 Å². The fourth-order valence-corrected chi connectivity index (χ4v) is 3.58. The maximum absolute atomic E-state index is 9.46. The third-order valence-corrected chi connectivity index (χ3v) is 4.62. The van der Waals surface area contributed by atoms with E-state index >= 15 is 0 Å². The van der Waals surface area contributed by atoms with E-state index in [1.54, 1.807) is 18.4 Å². The standard InChI is InChI=1S/C16H15NOS/c1-18-16-8-11-4-2-6-13(11)14(15(16)10-17)9-12-5-3-7-19-12/h3,5,7-8H,2,4,6,9H2,1H3. The van der Waals surface area contributed by atoms with Crippen molar-refractivity contribution in [2.75, 3.05) is 7.11 Å². The van der Waals surface area contributed by atoms with Gasteiger partial charge in [-0.3, -0.25) is 0 Å². The molecule has 19 heavy (non-hydrogen) atoms. The molecule has 0 aliphatic heterocycles. The first-order valence-electron chi connectivity index (χ1n) is 6.47. The van der Waals surface area contributed by atoms with Gasteiger partial charge in [0.25, 0.3) is 0 Å². The van der Waals surface area contributed by atoms with Crippen molar-refractivity contribution < 1.29 is 4.74 Å². The summed E-state index contributed by atoms with van der Waals surface area (Å²) in [6, 6.07) is 8.58. The Morgan fingerprint density at radius 2 is 2.32 bits per heavy atom. The number of nitrogens with zero attached hydrogens (tertiary/aromatic N) is 1. The van der Waals surface area contributed by atoms with Gasteiger partial charge >= 0.3 is 0 Å². The first-order chi connectivity index (χ1) is 9.33. The SMILES string of the molecule is COc1cc2c(c(Cc3cccs3)c1C#N)CCC2. The third-order valence-electron chi connectivity index (χ3n) is 3.74. The lowest BCUT2D eigenvalue weighted by Crippen LogP contribution is -2.01. The average molecular weight is 269 g/mol. The fraction of sp³-hybridized carbons (Fsp3) is 0.312. The summed E-state index contributed by atoms with van der Waals surface area (Å²) in [6.07, 6.45) is 4.23. The zero-order valence-electron chi connectivity index (χ0n) is 10.9. The Morgan fingerprint density at radius 1 is 1.42 bits per heavy atom.